The lowest BCUT2D eigenvalue weighted by Crippen LogP contribution is -2.05. The van der Waals surface area contributed by atoms with Gasteiger partial charge in [0, 0.05) is 34.5 Å². The molecule has 0 atom stereocenters. The zero-order chi connectivity index (χ0) is 24.2. The van der Waals surface area contributed by atoms with E-state index >= 15 is 0 Å². The lowest BCUT2D eigenvalue weighted by Gasteiger charge is -2.09. The van der Waals surface area contributed by atoms with Crippen LogP contribution in [0.3, 0.4) is 0 Å². The maximum absolute atomic E-state index is 11.9. The molecule has 2 aromatic heterocycles. The predicted molar refractivity (Wildman–Crippen MR) is 143 cm³/mol. The highest BCUT2D eigenvalue weighted by Gasteiger charge is 2.13. The Bertz CT molecular complexity index is 1060. The van der Waals surface area contributed by atoms with E-state index < -0.39 is 5.97 Å². The fourth-order valence-electron chi connectivity index (χ4n) is 4.08. The SMILES string of the molecule is CCCCCCCCCCc1nc(C=C(Cc2cccs2)C(=O)O)cn1Cc1ccccc1Cl. The number of imidazole rings is 1. The first-order chi connectivity index (χ1) is 16.6. The molecule has 0 unspecified atom stereocenters. The Labute approximate surface area is 212 Å². The van der Waals surface area contributed by atoms with Crippen LogP contribution in [0.25, 0.3) is 6.08 Å². The van der Waals surface area contributed by atoms with Gasteiger partial charge in [-0.3, -0.25) is 0 Å². The molecule has 1 aromatic carbocycles. The predicted octanol–water partition coefficient (Wildman–Crippen LogP) is 8.04. The third-order valence-electron chi connectivity index (χ3n) is 5.97. The average molecular weight is 499 g/mol. The van der Waals surface area contributed by atoms with Gasteiger partial charge >= 0.3 is 5.97 Å². The van der Waals surface area contributed by atoms with Crippen molar-refractivity contribution in [1.29, 1.82) is 0 Å². The number of aliphatic carboxylic acids is 1. The summed E-state index contributed by atoms with van der Waals surface area (Å²) in [7, 11) is 0. The maximum Gasteiger partial charge on any atom is 0.332 e. The van der Waals surface area contributed by atoms with Gasteiger partial charge in [-0.15, -0.1) is 11.3 Å². The largest absolute Gasteiger partial charge is 0.478 e. The van der Waals surface area contributed by atoms with Crippen LogP contribution in [-0.2, 0) is 24.2 Å². The number of thiophene rings is 1. The van der Waals surface area contributed by atoms with Gasteiger partial charge in [-0.1, -0.05) is 87.7 Å². The molecule has 0 saturated carbocycles. The van der Waals surface area contributed by atoms with Crippen molar-refractivity contribution >= 4 is 35.0 Å². The van der Waals surface area contributed by atoms with Gasteiger partial charge in [0.1, 0.15) is 5.82 Å². The molecule has 0 bridgehead atoms. The van der Waals surface area contributed by atoms with Crippen molar-refractivity contribution in [3.8, 4) is 0 Å². The minimum atomic E-state index is -0.904. The molecule has 3 rings (SSSR count). The Balaban J connectivity index is 1.72. The molecule has 3 aromatic rings. The smallest absolute Gasteiger partial charge is 0.332 e. The second kappa shape index (κ2) is 14.1. The molecule has 6 heteroatoms. The molecule has 0 amide bonds. The third kappa shape index (κ3) is 8.44. The number of aromatic nitrogens is 2. The molecule has 0 spiro atoms. The van der Waals surface area contributed by atoms with Crippen molar-refractivity contribution in [2.75, 3.05) is 0 Å². The normalized spacial score (nSPS) is 11.8. The Morgan fingerprint density at radius 2 is 1.79 bits per heavy atom. The number of halogens is 1. The number of hydrogen-bond acceptors (Lipinski definition) is 3. The number of carbonyl (C=O) groups is 1. The fourth-order valence-corrected chi connectivity index (χ4v) is 5.00. The highest BCUT2D eigenvalue weighted by atomic mass is 35.5. The molecular weight excluding hydrogens is 464 g/mol. The van der Waals surface area contributed by atoms with Crippen LogP contribution in [0.15, 0.2) is 53.5 Å². The van der Waals surface area contributed by atoms with E-state index in [1.54, 1.807) is 17.4 Å². The van der Waals surface area contributed by atoms with Crippen molar-refractivity contribution in [1.82, 2.24) is 9.55 Å². The number of carboxylic acid groups (broad SMARTS) is 1. The van der Waals surface area contributed by atoms with Crippen molar-refractivity contribution in [2.45, 2.75) is 77.7 Å². The van der Waals surface area contributed by atoms with E-state index in [1.807, 2.05) is 48.0 Å². The maximum atomic E-state index is 11.9. The first kappa shape index (κ1) is 26.2. The van der Waals surface area contributed by atoms with Gasteiger partial charge in [0.15, 0.2) is 0 Å². The summed E-state index contributed by atoms with van der Waals surface area (Å²) in [4.78, 5) is 17.7. The van der Waals surface area contributed by atoms with Crippen molar-refractivity contribution in [2.24, 2.45) is 0 Å². The van der Waals surface area contributed by atoms with Crippen LogP contribution in [0.4, 0.5) is 0 Å². The summed E-state index contributed by atoms with van der Waals surface area (Å²) in [6.45, 7) is 2.87. The number of carboxylic acids is 1. The minimum Gasteiger partial charge on any atom is -0.478 e. The highest BCUT2D eigenvalue weighted by molar-refractivity contribution is 7.09. The van der Waals surface area contributed by atoms with Gasteiger partial charge in [0.2, 0.25) is 0 Å². The molecule has 0 fully saturated rings. The molecule has 0 saturated heterocycles. The molecule has 2 heterocycles. The Hall–Kier alpha value is -2.37. The summed E-state index contributed by atoms with van der Waals surface area (Å²) in [5.41, 5.74) is 2.07. The Kier molecular flexibility index (Phi) is 10.9. The third-order valence-corrected chi connectivity index (χ3v) is 7.22. The first-order valence-electron chi connectivity index (χ1n) is 12.3. The summed E-state index contributed by atoms with van der Waals surface area (Å²) >= 11 is 7.98. The molecule has 34 heavy (non-hydrogen) atoms. The summed E-state index contributed by atoms with van der Waals surface area (Å²) in [5.74, 6) is 0.0803. The van der Waals surface area contributed by atoms with E-state index in [1.165, 1.54) is 44.9 Å². The van der Waals surface area contributed by atoms with Gasteiger partial charge in [0.05, 0.1) is 12.2 Å². The van der Waals surface area contributed by atoms with Gasteiger partial charge in [0.25, 0.3) is 0 Å². The zero-order valence-corrected chi connectivity index (χ0v) is 21.6. The molecule has 0 aliphatic carbocycles. The Morgan fingerprint density at radius 1 is 1.06 bits per heavy atom. The van der Waals surface area contributed by atoms with Crippen LogP contribution in [-0.4, -0.2) is 20.6 Å². The van der Waals surface area contributed by atoms with Crippen LogP contribution in [0.2, 0.25) is 5.02 Å². The van der Waals surface area contributed by atoms with E-state index in [4.69, 9.17) is 16.6 Å². The molecule has 0 radical (unpaired) electrons. The lowest BCUT2D eigenvalue weighted by molar-refractivity contribution is -0.132. The van der Waals surface area contributed by atoms with Crippen molar-refractivity contribution < 1.29 is 9.90 Å². The first-order valence-corrected chi connectivity index (χ1v) is 13.6. The Morgan fingerprint density at radius 3 is 2.47 bits per heavy atom. The summed E-state index contributed by atoms with van der Waals surface area (Å²) in [6, 6.07) is 11.7. The number of hydrogen-bond donors (Lipinski definition) is 1. The van der Waals surface area contributed by atoms with E-state index in [0.717, 1.165) is 34.1 Å². The molecular formula is C28H35ClN2O2S. The second-order valence-corrected chi connectivity index (χ2v) is 10.2. The monoisotopic (exact) mass is 498 g/mol. The lowest BCUT2D eigenvalue weighted by atomic mass is 10.1. The fraction of sp³-hybridized carbons (Fsp3) is 0.429. The molecule has 1 N–H and O–H groups in total. The number of benzene rings is 1. The van der Waals surface area contributed by atoms with Crippen molar-refractivity contribution in [3.63, 3.8) is 0 Å². The van der Waals surface area contributed by atoms with Gasteiger partial charge in [-0.2, -0.15) is 0 Å². The van der Waals surface area contributed by atoms with Crippen LogP contribution >= 0.6 is 22.9 Å². The molecule has 182 valence electrons. The summed E-state index contributed by atoms with van der Waals surface area (Å²) in [6.07, 6.45) is 15.0. The number of rotatable bonds is 15. The molecule has 4 nitrogen and oxygen atoms in total. The van der Waals surface area contributed by atoms with Crippen LogP contribution in [0, 0.1) is 0 Å². The summed E-state index contributed by atoms with van der Waals surface area (Å²) in [5, 5.41) is 12.4. The van der Waals surface area contributed by atoms with E-state index in [-0.39, 0.29) is 0 Å². The van der Waals surface area contributed by atoms with Crippen LogP contribution in [0.5, 0.6) is 0 Å². The minimum absolute atomic E-state index is 0.350. The van der Waals surface area contributed by atoms with E-state index in [9.17, 15) is 9.90 Å². The number of aryl methyl sites for hydroxylation is 1. The van der Waals surface area contributed by atoms with Crippen molar-refractivity contribution in [3.05, 3.63) is 80.5 Å². The zero-order valence-electron chi connectivity index (χ0n) is 20.0. The molecule has 0 aliphatic rings. The van der Waals surface area contributed by atoms with Crippen LogP contribution in [0.1, 0.15) is 80.2 Å². The van der Waals surface area contributed by atoms with E-state index in [2.05, 4.69) is 11.5 Å². The number of nitrogens with zero attached hydrogens (tertiary/aromatic N) is 2. The highest BCUT2D eigenvalue weighted by Crippen LogP contribution is 2.21. The van der Waals surface area contributed by atoms with E-state index in [0.29, 0.717) is 24.2 Å². The number of unbranched alkanes of at least 4 members (excludes halogenated alkanes) is 7. The van der Waals surface area contributed by atoms with Gasteiger partial charge in [-0.05, 0) is 35.6 Å². The van der Waals surface area contributed by atoms with Gasteiger partial charge < -0.3 is 9.67 Å². The quantitative estimate of drug-likeness (QED) is 0.170. The average Bonchev–Trinajstić information content (AvgIpc) is 3.46. The standard InChI is InChI=1S/C28H35ClN2O2S/c1-2-3-4-5-6-7-8-9-16-27-30-24(18-23(28(32)33)19-25-14-12-17-34-25)21-31(27)20-22-13-10-11-15-26(22)29/h10-15,17-18,21H,2-9,16,19-20H2,1H3,(H,32,33). The second-order valence-electron chi connectivity index (χ2n) is 8.76. The van der Waals surface area contributed by atoms with Gasteiger partial charge in [-0.25, -0.2) is 9.78 Å². The van der Waals surface area contributed by atoms with Crippen LogP contribution < -0.4 is 0 Å². The topological polar surface area (TPSA) is 55.1 Å². The summed E-state index contributed by atoms with van der Waals surface area (Å²) < 4.78 is 2.12. The molecule has 0 aliphatic heterocycles.